The minimum absolute atomic E-state index is 0.0425. The van der Waals surface area contributed by atoms with Gasteiger partial charge in [0, 0.05) is 18.4 Å². The summed E-state index contributed by atoms with van der Waals surface area (Å²) in [5.74, 6) is 0.129. The average Bonchev–Trinajstić information content (AvgIpc) is 2.62. The second kappa shape index (κ2) is 8.83. The Bertz CT molecular complexity index is 539. The van der Waals surface area contributed by atoms with E-state index in [4.69, 9.17) is 5.73 Å². The zero-order chi connectivity index (χ0) is 17.5. The number of likely N-dealkylation sites (tertiary alicyclic amines) is 1. The molecular weight excluding hydrogens is 302 g/mol. The van der Waals surface area contributed by atoms with E-state index in [-0.39, 0.29) is 23.8 Å². The van der Waals surface area contributed by atoms with Gasteiger partial charge in [0.05, 0.1) is 6.04 Å². The number of hydrogen-bond donors (Lipinski definition) is 2. The van der Waals surface area contributed by atoms with Gasteiger partial charge in [0.1, 0.15) is 0 Å². The highest BCUT2D eigenvalue weighted by atomic mass is 16.2. The molecule has 1 aliphatic heterocycles. The van der Waals surface area contributed by atoms with Crippen LogP contribution in [-0.2, 0) is 9.59 Å². The van der Waals surface area contributed by atoms with Crippen LogP contribution < -0.4 is 11.1 Å². The number of rotatable bonds is 7. The predicted molar refractivity (Wildman–Crippen MR) is 95.4 cm³/mol. The van der Waals surface area contributed by atoms with Crippen molar-refractivity contribution >= 4 is 11.8 Å². The van der Waals surface area contributed by atoms with Gasteiger partial charge in [-0.15, -0.1) is 0 Å². The van der Waals surface area contributed by atoms with Crippen LogP contribution in [0.15, 0.2) is 30.3 Å². The van der Waals surface area contributed by atoms with Crippen LogP contribution in [0, 0.1) is 5.92 Å². The molecule has 2 amide bonds. The molecule has 1 fully saturated rings. The van der Waals surface area contributed by atoms with E-state index in [1.54, 1.807) is 0 Å². The topological polar surface area (TPSA) is 75.4 Å². The molecule has 5 nitrogen and oxygen atoms in total. The van der Waals surface area contributed by atoms with Crippen LogP contribution in [0.1, 0.15) is 44.6 Å². The summed E-state index contributed by atoms with van der Waals surface area (Å²) in [5.41, 5.74) is 6.62. The van der Waals surface area contributed by atoms with E-state index in [0.29, 0.717) is 12.5 Å². The minimum atomic E-state index is -0.222. The number of nitrogens with two attached hydrogens (primary N) is 1. The van der Waals surface area contributed by atoms with Crippen LogP contribution in [-0.4, -0.2) is 42.4 Å². The van der Waals surface area contributed by atoms with Gasteiger partial charge in [-0.05, 0) is 44.8 Å². The zero-order valence-electron chi connectivity index (χ0n) is 14.7. The Morgan fingerprint density at radius 2 is 1.88 bits per heavy atom. The van der Waals surface area contributed by atoms with Crippen LogP contribution in [0.4, 0.5) is 0 Å². The fraction of sp³-hybridized carbons (Fsp3) is 0.579. The maximum Gasteiger partial charge on any atom is 0.237 e. The molecule has 132 valence electrons. The fourth-order valence-corrected chi connectivity index (χ4v) is 3.33. The summed E-state index contributed by atoms with van der Waals surface area (Å²) in [7, 11) is 0. The summed E-state index contributed by atoms with van der Waals surface area (Å²) in [6, 6.07) is 10.1. The maximum absolute atomic E-state index is 12.5. The Hall–Kier alpha value is -1.88. The number of hydrogen-bond acceptors (Lipinski definition) is 3. The highest BCUT2D eigenvalue weighted by molar-refractivity contribution is 5.81. The molecule has 1 saturated heterocycles. The van der Waals surface area contributed by atoms with Crippen LogP contribution in [0.3, 0.4) is 0 Å². The van der Waals surface area contributed by atoms with Crippen molar-refractivity contribution in [1.29, 1.82) is 0 Å². The third-order valence-electron chi connectivity index (χ3n) is 5.15. The number of carbonyl (C=O) groups is 2. The first-order chi connectivity index (χ1) is 11.5. The SMILES string of the molecule is CC[C@H](CNC(=O)[C@@H](C)N1CCC(C(N)=O)CC1)c1ccccc1. The molecule has 0 radical (unpaired) electrons. The molecule has 0 aliphatic carbocycles. The average molecular weight is 331 g/mol. The lowest BCUT2D eigenvalue weighted by Gasteiger charge is -2.34. The molecule has 0 unspecified atom stereocenters. The standard InChI is InChI=1S/C19H29N3O2/c1-3-15(16-7-5-4-6-8-16)13-21-19(24)14(2)22-11-9-17(10-12-22)18(20)23/h4-8,14-15,17H,3,9-13H2,1-2H3,(H2,20,23)(H,21,24)/t14-,15-/m1/s1. The Labute approximate surface area is 144 Å². The van der Waals surface area contributed by atoms with Crippen LogP contribution in [0.2, 0.25) is 0 Å². The number of amides is 2. The van der Waals surface area contributed by atoms with Gasteiger partial charge < -0.3 is 11.1 Å². The lowest BCUT2D eigenvalue weighted by molar-refractivity contribution is -0.127. The van der Waals surface area contributed by atoms with E-state index >= 15 is 0 Å². The van der Waals surface area contributed by atoms with Crippen LogP contribution >= 0.6 is 0 Å². The first-order valence-electron chi connectivity index (χ1n) is 8.89. The lowest BCUT2D eigenvalue weighted by atomic mass is 9.95. The van der Waals surface area contributed by atoms with Gasteiger partial charge in [0.25, 0.3) is 0 Å². The molecule has 0 spiro atoms. The van der Waals surface area contributed by atoms with Crippen molar-refractivity contribution in [3.8, 4) is 0 Å². The van der Waals surface area contributed by atoms with Crippen molar-refractivity contribution in [2.45, 2.75) is 45.1 Å². The Morgan fingerprint density at radius 3 is 2.42 bits per heavy atom. The van der Waals surface area contributed by atoms with Gasteiger partial charge in [-0.25, -0.2) is 0 Å². The van der Waals surface area contributed by atoms with Crippen molar-refractivity contribution in [3.63, 3.8) is 0 Å². The quantitative estimate of drug-likeness (QED) is 0.801. The summed E-state index contributed by atoms with van der Waals surface area (Å²) in [4.78, 5) is 25.8. The fourth-order valence-electron chi connectivity index (χ4n) is 3.33. The summed E-state index contributed by atoms with van der Waals surface area (Å²) in [6.45, 7) is 6.23. The van der Waals surface area contributed by atoms with Gasteiger partial charge >= 0.3 is 0 Å². The minimum Gasteiger partial charge on any atom is -0.369 e. The molecule has 1 aliphatic rings. The zero-order valence-corrected chi connectivity index (χ0v) is 14.7. The van der Waals surface area contributed by atoms with Gasteiger partial charge in [0.2, 0.25) is 11.8 Å². The third-order valence-corrected chi connectivity index (χ3v) is 5.15. The van der Waals surface area contributed by atoms with Gasteiger partial charge in [-0.3, -0.25) is 14.5 Å². The molecular formula is C19H29N3O2. The predicted octanol–water partition coefficient (Wildman–Crippen LogP) is 1.88. The first-order valence-corrected chi connectivity index (χ1v) is 8.89. The molecule has 5 heteroatoms. The molecule has 2 rings (SSSR count). The van der Waals surface area contributed by atoms with Gasteiger partial charge in [-0.1, -0.05) is 37.3 Å². The molecule has 1 aromatic rings. The van der Waals surface area contributed by atoms with Gasteiger partial charge in [-0.2, -0.15) is 0 Å². The third kappa shape index (κ3) is 4.81. The Morgan fingerprint density at radius 1 is 1.25 bits per heavy atom. The lowest BCUT2D eigenvalue weighted by Crippen LogP contribution is -2.49. The molecule has 0 aromatic heterocycles. The maximum atomic E-state index is 12.5. The van der Waals surface area contributed by atoms with Crippen molar-refractivity contribution in [2.24, 2.45) is 11.7 Å². The normalized spacial score (nSPS) is 18.8. The smallest absolute Gasteiger partial charge is 0.237 e. The molecule has 3 N–H and O–H groups in total. The molecule has 0 bridgehead atoms. The number of benzene rings is 1. The van der Waals surface area contributed by atoms with E-state index in [1.165, 1.54) is 5.56 Å². The summed E-state index contributed by atoms with van der Waals surface area (Å²) in [5, 5.41) is 3.09. The summed E-state index contributed by atoms with van der Waals surface area (Å²) >= 11 is 0. The highest BCUT2D eigenvalue weighted by Gasteiger charge is 2.28. The highest BCUT2D eigenvalue weighted by Crippen LogP contribution is 2.20. The van der Waals surface area contributed by atoms with E-state index in [9.17, 15) is 9.59 Å². The van der Waals surface area contributed by atoms with E-state index in [0.717, 1.165) is 32.4 Å². The van der Waals surface area contributed by atoms with Crippen LogP contribution in [0.25, 0.3) is 0 Å². The molecule has 2 atom stereocenters. The van der Waals surface area contributed by atoms with E-state index in [1.807, 2.05) is 25.1 Å². The van der Waals surface area contributed by atoms with Crippen molar-refractivity contribution in [2.75, 3.05) is 19.6 Å². The molecule has 1 heterocycles. The molecule has 1 aromatic carbocycles. The van der Waals surface area contributed by atoms with Crippen LogP contribution in [0.5, 0.6) is 0 Å². The number of primary amides is 1. The largest absolute Gasteiger partial charge is 0.369 e. The monoisotopic (exact) mass is 331 g/mol. The second-order valence-corrected chi connectivity index (χ2v) is 6.65. The molecule has 0 saturated carbocycles. The van der Waals surface area contributed by atoms with Crippen molar-refractivity contribution < 1.29 is 9.59 Å². The summed E-state index contributed by atoms with van der Waals surface area (Å²) < 4.78 is 0. The number of nitrogens with one attached hydrogen (secondary N) is 1. The van der Waals surface area contributed by atoms with E-state index < -0.39 is 0 Å². The number of nitrogens with zero attached hydrogens (tertiary/aromatic N) is 1. The Kier molecular flexibility index (Phi) is 6.79. The number of piperidine rings is 1. The van der Waals surface area contributed by atoms with Crippen molar-refractivity contribution in [3.05, 3.63) is 35.9 Å². The Balaban J connectivity index is 1.82. The second-order valence-electron chi connectivity index (χ2n) is 6.65. The van der Waals surface area contributed by atoms with Gasteiger partial charge in [0.15, 0.2) is 0 Å². The van der Waals surface area contributed by atoms with Crippen molar-refractivity contribution in [1.82, 2.24) is 10.2 Å². The summed E-state index contributed by atoms with van der Waals surface area (Å²) in [6.07, 6.45) is 2.48. The molecule has 24 heavy (non-hydrogen) atoms. The van der Waals surface area contributed by atoms with E-state index in [2.05, 4.69) is 29.3 Å². The number of carbonyl (C=O) groups excluding carboxylic acids is 2. The first kappa shape index (κ1) is 18.5.